The van der Waals surface area contributed by atoms with E-state index in [1.54, 1.807) is 12.1 Å². The fourth-order valence-electron chi connectivity index (χ4n) is 4.76. The number of hydrogen-bond acceptors (Lipinski definition) is 3. The van der Waals surface area contributed by atoms with Crippen molar-refractivity contribution in [3.63, 3.8) is 0 Å². The van der Waals surface area contributed by atoms with Gasteiger partial charge in [-0.2, -0.15) is 5.26 Å². The van der Waals surface area contributed by atoms with Gasteiger partial charge in [-0.05, 0) is 74.5 Å². The fraction of sp³-hybridized carbons (Fsp3) is 0.636. The van der Waals surface area contributed by atoms with Crippen LogP contribution in [0.5, 0.6) is 5.75 Å². The Hall–Kier alpha value is -1.53. The molecule has 0 spiro atoms. The SMILES string of the molecule is CCC1CCC(C2CCC(C(=O)Oc3ccc(Cl)cc3C#N)CC2)CC1. The summed E-state index contributed by atoms with van der Waals surface area (Å²) in [4.78, 5) is 12.5. The van der Waals surface area contributed by atoms with E-state index in [0.717, 1.165) is 43.4 Å². The maximum atomic E-state index is 12.5. The Labute approximate surface area is 161 Å². The van der Waals surface area contributed by atoms with E-state index in [-0.39, 0.29) is 11.9 Å². The highest BCUT2D eigenvalue weighted by atomic mass is 35.5. The first-order valence-electron chi connectivity index (χ1n) is 10.0. The van der Waals surface area contributed by atoms with E-state index >= 15 is 0 Å². The van der Waals surface area contributed by atoms with Gasteiger partial charge in [0.05, 0.1) is 11.5 Å². The Balaban J connectivity index is 1.50. The molecule has 0 atom stereocenters. The van der Waals surface area contributed by atoms with Gasteiger partial charge >= 0.3 is 5.97 Å². The first-order valence-corrected chi connectivity index (χ1v) is 10.4. The number of esters is 1. The van der Waals surface area contributed by atoms with E-state index in [0.29, 0.717) is 16.3 Å². The molecule has 26 heavy (non-hydrogen) atoms. The van der Waals surface area contributed by atoms with E-state index in [4.69, 9.17) is 16.3 Å². The number of benzene rings is 1. The summed E-state index contributed by atoms with van der Waals surface area (Å²) < 4.78 is 5.52. The average molecular weight is 374 g/mol. The summed E-state index contributed by atoms with van der Waals surface area (Å²) in [5.41, 5.74) is 0.312. The zero-order valence-corrected chi connectivity index (χ0v) is 16.3. The molecule has 2 aliphatic carbocycles. The quantitative estimate of drug-likeness (QED) is 0.470. The Morgan fingerprint density at radius 3 is 2.31 bits per heavy atom. The van der Waals surface area contributed by atoms with Crippen molar-refractivity contribution in [1.82, 2.24) is 0 Å². The second-order valence-corrected chi connectivity index (χ2v) is 8.41. The van der Waals surface area contributed by atoms with Crippen LogP contribution in [0.3, 0.4) is 0 Å². The Morgan fingerprint density at radius 2 is 1.73 bits per heavy atom. The largest absolute Gasteiger partial charge is 0.425 e. The van der Waals surface area contributed by atoms with Crippen LogP contribution in [0, 0.1) is 35.0 Å². The van der Waals surface area contributed by atoms with Crippen LogP contribution in [0.25, 0.3) is 0 Å². The molecule has 0 aromatic heterocycles. The third-order valence-electron chi connectivity index (χ3n) is 6.51. The summed E-state index contributed by atoms with van der Waals surface area (Å²) in [6.45, 7) is 2.31. The van der Waals surface area contributed by atoms with E-state index in [9.17, 15) is 10.1 Å². The summed E-state index contributed by atoms with van der Waals surface area (Å²) in [6, 6.07) is 6.83. The number of halogens is 1. The third kappa shape index (κ3) is 4.60. The molecule has 0 bridgehead atoms. The minimum absolute atomic E-state index is 0.0412. The lowest BCUT2D eigenvalue weighted by atomic mass is 9.69. The molecule has 1 aromatic rings. The van der Waals surface area contributed by atoms with Crippen LogP contribution in [0.4, 0.5) is 0 Å². The number of carbonyl (C=O) groups excluding carboxylic acids is 1. The van der Waals surface area contributed by atoms with Crippen molar-refractivity contribution in [2.45, 2.75) is 64.7 Å². The maximum Gasteiger partial charge on any atom is 0.314 e. The molecular formula is C22H28ClNO2. The minimum atomic E-state index is -0.197. The molecule has 0 amide bonds. The summed E-state index contributed by atoms with van der Waals surface area (Å²) in [5, 5.41) is 9.65. The highest BCUT2D eigenvalue weighted by Gasteiger charge is 2.33. The highest BCUT2D eigenvalue weighted by molar-refractivity contribution is 6.30. The second kappa shape index (κ2) is 8.91. The predicted molar refractivity (Wildman–Crippen MR) is 103 cm³/mol. The van der Waals surface area contributed by atoms with Crippen molar-refractivity contribution in [2.24, 2.45) is 23.7 Å². The molecule has 0 saturated heterocycles. The van der Waals surface area contributed by atoms with Gasteiger partial charge in [0.2, 0.25) is 0 Å². The molecule has 0 heterocycles. The van der Waals surface area contributed by atoms with E-state index in [1.807, 2.05) is 6.07 Å². The number of ether oxygens (including phenoxy) is 1. The number of hydrogen-bond donors (Lipinski definition) is 0. The van der Waals surface area contributed by atoms with Gasteiger partial charge in [-0.25, -0.2) is 0 Å². The van der Waals surface area contributed by atoms with Crippen molar-refractivity contribution < 1.29 is 9.53 Å². The van der Waals surface area contributed by atoms with Gasteiger partial charge in [0.1, 0.15) is 11.8 Å². The molecule has 3 rings (SSSR count). The lowest BCUT2D eigenvalue weighted by Crippen LogP contribution is -2.30. The summed E-state index contributed by atoms with van der Waals surface area (Å²) in [5.74, 6) is 2.66. The van der Waals surface area contributed by atoms with Gasteiger partial charge in [0.25, 0.3) is 0 Å². The molecule has 2 saturated carbocycles. The van der Waals surface area contributed by atoms with Gasteiger partial charge in [-0.15, -0.1) is 0 Å². The second-order valence-electron chi connectivity index (χ2n) is 7.97. The van der Waals surface area contributed by atoms with Crippen LogP contribution in [-0.4, -0.2) is 5.97 Å². The molecule has 2 aliphatic rings. The predicted octanol–water partition coefficient (Wildman–Crippen LogP) is 6.14. The molecular weight excluding hydrogens is 346 g/mol. The summed E-state index contributed by atoms with van der Waals surface area (Å²) in [6.07, 6.45) is 10.9. The van der Waals surface area contributed by atoms with Crippen LogP contribution in [-0.2, 0) is 4.79 Å². The smallest absolute Gasteiger partial charge is 0.314 e. The maximum absolute atomic E-state index is 12.5. The van der Waals surface area contributed by atoms with Gasteiger partial charge in [0, 0.05) is 5.02 Å². The molecule has 0 radical (unpaired) electrons. The molecule has 1 aromatic carbocycles. The fourth-order valence-corrected chi connectivity index (χ4v) is 4.94. The molecule has 3 nitrogen and oxygen atoms in total. The number of nitriles is 1. The highest BCUT2D eigenvalue weighted by Crippen LogP contribution is 2.42. The first kappa shape index (κ1) is 19.2. The average Bonchev–Trinajstić information content (AvgIpc) is 2.69. The Bertz CT molecular complexity index is 665. The summed E-state index contributed by atoms with van der Waals surface area (Å²) in [7, 11) is 0. The van der Waals surface area contributed by atoms with Crippen molar-refractivity contribution >= 4 is 17.6 Å². The van der Waals surface area contributed by atoms with Crippen LogP contribution >= 0.6 is 11.6 Å². The van der Waals surface area contributed by atoms with Crippen LogP contribution in [0.2, 0.25) is 5.02 Å². The van der Waals surface area contributed by atoms with E-state index in [1.165, 1.54) is 38.2 Å². The van der Waals surface area contributed by atoms with E-state index in [2.05, 4.69) is 6.92 Å². The van der Waals surface area contributed by atoms with Crippen molar-refractivity contribution in [2.75, 3.05) is 0 Å². The zero-order valence-electron chi connectivity index (χ0n) is 15.5. The van der Waals surface area contributed by atoms with Crippen LogP contribution < -0.4 is 4.74 Å². The Kier molecular flexibility index (Phi) is 6.59. The number of rotatable bonds is 4. The normalized spacial score (nSPS) is 29.0. The van der Waals surface area contributed by atoms with Gasteiger partial charge in [0.15, 0.2) is 0 Å². The molecule has 2 fully saturated rings. The molecule has 0 unspecified atom stereocenters. The van der Waals surface area contributed by atoms with Crippen molar-refractivity contribution in [3.05, 3.63) is 28.8 Å². The van der Waals surface area contributed by atoms with Gasteiger partial charge in [-0.1, -0.05) is 37.8 Å². The van der Waals surface area contributed by atoms with Crippen LogP contribution in [0.1, 0.15) is 70.3 Å². The molecule has 0 N–H and O–H groups in total. The third-order valence-corrected chi connectivity index (χ3v) is 6.75. The zero-order chi connectivity index (χ0) is 18.5. The van der Waals surface area contributed by atoms with Crippen LogP contribution in [0.15, 0.2) is 18.2 Å². The van der Waals surface area contributed by atoms with Crippen molar-refractivity contribution in [1.29, 1.82) is 5.26 Å². The topological polar surface area (TPSA) is 50.1 Å². The number of carbonyl (C=O) groups is 1. The first-order chi connectivity index (χ1) is 12.6. The van der Waals surface area contributed by atoms with Gasteiger partial charge < -0.3 is 4.74 Å². The van der Waals surface area contributed by atoms with Crippen molar-refractivity contribution in [3.8, 4) is 11.8 Å². The van der Waals surface area contributed by atoms with Gasteiger partial charge in [-0.3, -0.25) is 4.79 Å². The summed E-state index contributed by atoms with van der Waals surface area (Å²) >= 11 is 5.90. The Morgan fingerprint density at radius 1 is 1.12 bits per heavy atom. The van der Waals surface area contributed by atoms with E-state index < -0.39 is 0 Å². The monoisotopic (exact) mass is 373 g/mol. The molecule has 0 aliphatic heterocycles. The molecule has 140 valence electrons. The molecule has 4 heteroatoms. The number of nitrogens with zero attached hydrogens (tertiary/aromatic N) is 1. The lowest BCUT2D eigenvalue weighted by Gasteiger charge is -2.37. The standard InChI is InChI=1S/C22H28ClNO2/c1-2-15-3-5-16(6-4-15)17-7-9-18(10-8-17)22(25)26-21-12-11-20(23)13-19(21)14-24/h11-13,15-18H,2-10H2,1H3. The minimum Gasteiger partial charge on any atom is -0.425 e. The lowest BCUT2D eigenvalue weighted by molar-refractivity contribution is -0.140.